The second kappa shape index (κ2) is 5.30. The highest BCUT2D eigenvalue weighted by atomic mass is 32.1. The van der Waals surface area contributed by atoms with Crippen molar-refractivity contribution in [1.82, 2.24) is 9.78 Å². The molecule has 0 fully saturated rings. The van der Waals surface area contributed by atoms with Gasteiger partial charge in [0.15, 0.2) is 5.69 Å². The number of para-hydroxylation sites is 1. The zero-order valence-corrected chi connectivity index (χ0v) is 11.7. The van der Waals surface area contributed by atoms with Gasteiger partial charge in [-0.05, 0) is 29.6 Å². The van der Waals surface area contributed by atoms with Crippen LogP contribution in [0.3, 0.4) is 0 Å². The maximum atomic E-state index is 12.2. The fraction of sp³-hybridized carbons (Fsp3) is 0.0667. The van der Waals surface area contributed by atoms with Crippen LogP contribution in [0.2, 0.25) is 0 Å². The molecule has 0 saturated carbocycles. The lowest BCUT2D eigenvalue weighted by molar-refractivity contribution is 0.102. The van der Waals surface area contributed by atoms with Gasteiger partial charge in [-0.2, -0.15) is 5.10 Å². The van der Waals surface area contributed by atoms with E-state index in [1.807, 2.05) is 61.0 Å². The van der Waals surface area contributed by atoms with Crippen LogP contribution < -0.4 is 5.32 Å². The molecule has 0 spiro atoms. The number of anilines is 1. The fourth-order valence-corrected chi connectivity index (χ4v) is 2.72. The Labute approximate surface area is 120 Å². The largest absolute Gasteiger partial charge is 0.321 e. The van der Waals surface area contributed by atoms with Gasteiger partial charge in [-0.25, -0.2) is 0 Å². The average molecular weight is 283 g/mol. The summed E-state index contributed by atoms with van der Waals surface area (Å²) < 4.78 is 1.73. The number of nitrogens with zero attached hydrogens (tertiary/aromatic N) is 2. The number of carbonyl (C=O) groups is 1. The van der Waals surface area contributed by atoms with Crippen LogP contribution in [0.25, 0.3) is 10.6 Å². The maximum absolute atomic E-state index is 12.2. The van der Waals surface area contributed by atoms with Gasteiger partial charge in [-0.3, -0.25) is 9.48 Å². The highest BCUT2D eigenvalue weighted by molar-refractivity contribution is 7.13. The normalized spacial score (nSPS) is 10.4. The van der Waals surface area contributed by atoms with Crippen molar-refractivity contribution in [2.45, 2.75) is 0 Å². The monoisotopic (exact) mass is 283 g/mol. The number of carbonyl (C=O) groups excluding carboxylic acids is 1. The van der Waals surface area contributed by atoms with E-state index in [1.165, 1.54) is 0 Å². The van der Waals surface area contributed by atoms with Crippen molar-refractivity contribution in [2.24, 2.45) is 7.05 Å². The van der Waals surface area contributed by atoms with E-state index in [2.05, 4.69) is 10.4 Å². The molecule has 0 bridgehead atoms. The molecule has 3 rings (SSSR count). The van der Waals surface area contributed by atoms with Crippen molar-refractivity contribution in [3.63, 3.8) is 0 Å². The summed E-state index contributed by atoms with van der Waals surface area (Å²) >= 11 is 1.63. The second-order valence-corrected chi connectivity index (χ2v) is 5.28. The zero-order chi connectivity index (χ0) is 13.9. The van der Waals surface area contributed by atoms with E-state index in [-0.39, 0.29) is 5.91 Å². The smallest absolute Gasteiger partial charge is 0.276 e. The number of amides is 1. The molecule has 100 valence electrons. The summed E-state index contributed by atoms with van der Waals surface area (Å²) in [6.45, 7) is 0. The summed E-state index contributed by atoms with van der Waals surface area (Å²) in [5, 5.41) is 9.11. The first-order valence-electron chi connectivity index (χ1n) is 6.18. The first-order valence-corrected chi connectivity index (χ1v) is 7.06. The lowest BCUT2D eigenvalue weighted by Gasteiger charge is -2.01. The lowest BCUT2D eigenvalue weighted by Crippen LogP contribution is -2.12. The van der Waals surface area contributed by atoms with Crippen molar-refractivity contribution >= 4 is 22.9 Å². The third-order valence-corrected chi connectivity index (χ3v) is 3.81. The predicted octanol–water partition coefficient (Wildman–Crippen LogP) is 3.40. The van der Waals surface area contributed by atoms with Crippen molar-refractivity contribution in [3.05, 3.63) is 59.6 Å². The van der Waals surface area contributed by atoms with Crippen molar-refractivity contribution < 1.29 is 4.79 Å². The van der Waals surface area contributed by atoms with Crippen LogP contribution in [-0.2, 0) is 7.05 Å². The number of benzene rings is 1. The van der Waals surface area contributed by atoms with Crippen LogP contribution in [0.5, 0.6) is 0 Å². The van der Waals surface area contributed by atoms with Crippen LogP contribution in [0, 0.1) is 0 Å². The standard InChI is InChI=1S/C15H13N3OS/c1-18-13(14-8-5-9-20-14)10-12(17-18)15(19)16-11-6-3-2-4-7-11/h2-10H,1H3,(H,16,19). The number of nitrogens with one attached hydrogen (secondary N) is 1. The summed E-state index contributed by atoms with van der Waals surface area (Å²) in [6, 6.07) is 15.2. The highest BCUT2D eigenvalue weighted by Gasteiger charge is 2.14. The summed E-state index contributed by atoms with van der Waals surface area (Å²) in [6.07, 6.45) is 0. The quantitative estimate of drug-likeness (QED) is 0.800. The van der Waals surface area contributed by atoms with Gasteiger partial charge in [-0.15, -0.1) is 11.3 Å². The molecular weight excluding hydrogens is 270 g/mol. The third kappa shape index (κ3) is 2.48. The van der Waals surface area contributed by atoms with E-state index in [4.69, 9.17) is 0 Å². The number of rotatable bonds is 3. The topological polar surface area (TPSA) is 46.9 Å². The van der Waals surface area contributed by atoms with Crippen molar-refractivity contribution in [3.8, 4) is 10.6 Å². The van der Waals surface area contributed by atoms with Gasteiger partial charge in [0.25, 0.3) is 5.91 Å². The summed E-state index contributed by atoms with van der Waals surface area (Å²) in [5.74, 6) is -0.199. The predicted molar refractivity (Wildman–Crippen MR) is 80.9 cm³/mol. The third-order valence-electron chi connectivity index (χ3n) is 2.92. The number of hydrogen-bond donors (Lipinski definition) is 1. The molecule has 0 aliphatic rings. The number of thiophene rings is 1. The number of aryl methyl sites for hydroxylation is 1. The SMILES string of the molecule is Cn1nc(C(=O)Nc2ccccc2)cc1-c1cccs1. The second-order valence-electron chi connectivity index (χ2n) is 4.34. The van der Waals surface area contributed by atoms with Gasteiger partial charge in [0, 0.05) is 12.7 Å². The molecule has 1 aromatic carbocycles. The van der Waals surface area contributed by atoms with Crippen molar-refractivity contribution in [1.29, 1.82) is 0 Å². The Hall–Kier alpha value is -2.40. The molecule has 2 heterocycles. The molecule has 3 aromatic rings. The minimum absolute atomic E-state index is 0.199. The molecule has 0 unspecified atom stereocenters. The van der Waals surface area contributed by atoms with E-state index < -0.39 is 0 Å². The number of hydrogen-bond acceptors (Lipinski definition) is 3. The Morgan fingerprint density at radius 3 is 2.70 bits per heavy atom. The van der Waals surface area contributed by atoms with E-state index in [1.54, 1.807) is 16.0 Å². The van der Waals surface area contributed by atoms with Crippen molar-refractivity contribution in [2.75, 3.05) is 5.32 Å². The van der Waals surface area contributed by atoms with Gasteiger partial charge in [-0.1, -0.05) is 24.3 Å². The molecule has 4 nitrogen and oxygen atoms in total. The fourth-order valence-electron chi connectivity index (χ4n) is 1.95. The van der Waals surface area contributed by atoms with Crippen LogP contribution in [0.1, 0.15) is 10.5 Å². The van der Waals surface area contributed by atoms with Crippen LogP contribution in [0.4, 0.5) is 5.69 Å². The molecular formula is C15H13N3OS. The number of aromatic nitrogens is 2. The summed E-state index contributed by atoms with van der Waals surface area (Å²) in [4.78, 5) is 13.3. The Morgan fingerprint density at radius 2 is 2.00 bits per heavy atom. The summed E-state index contributed by atoms with van der Waals surface area (Å²) in [7, 11) is 1.84. The lowest BCUT2D eigenvalue weighted by atomic mass is 10.3. The molecule has 1 amide bonds. The van der Waals surface area contributed by atoms with Crippen LogP contribution in [0.15, 0.2) is 53.9 Å². The maximum Gasteiger partial charge on any atom is 0.276 e. The highest BCUT2D eigenvalue weighted by Crippen LogP contribution is 2.25. The van der Waals surface area contributed by atoms with Gasteiger partial charge >= 0.3 is 0 Å². The first kappa shape index (κ1) is 12.6. The molecule has 0 aliphatic carbocycles. The molecule has 20 heavy (non-hydrogen) atoms. The zero-order valence-electron chi connectivity index (χ0n) is 10.9. The molecule has 0 saturated heterocycles. The Balaban J connectivity index is 1.84. The van der Waals surface area contributed by atoms with Crippen LogP contribution >= 0.6 is 11.3 Å². The summed E-state index contributed by atoms with van der Waals surface area (Å²) in [5.41, 5.74) is 2.12. The first-order chi connectivity index (χ1) is 9.74. The van der Waals surface area contributed by atoms with Crippen LogP contribution in [-0.4, -0.2) is 15.7 Å². The molecule has 0 radical (unpaired) electrons. The Morgan fingerprint density at radius 1 is 1.20 bits per heavy atom. The van der Waals surface area contributed by atoms with Gasteiger partial charge < -0.3 is 5.32 Å². The molecule has 0 aliphatic heterocycles. The molecule has 2 aromatic heterocycles. The van der Waals surface area contributed by atoms with Gasteiger partial charge in [0.05, 0.1) is 10.6 Å². The minimum atomic E-state index is -0.199. The van der Waals surface area contributed by atoms with E-state index >= 15 is 0 Å². The van der Waals surface area contributed by atoms with E-state index in [0.29, 0.717) is 5.69 Å². The molecule has 5 heteroatoms. The Bertz CT molecular complexity index is 717. The van der Waals surface area contributed by atoms with E-state index in [9.17, 15) is 4.79 Å². The van der Waals surface area contributed by atoms with Gasteiger partial charge in [0.1, 0.15) is 0 Å². The molecule has 0 atom stereocenters. The van der Waals surface area contributed by atoms with E-state index in [0.717, 1.165) is 16.3 Å². The minimum Gasteiger partial charge on any atom is -0.321 e. The average Bonchev–Trinajstić information content (AvgIpc) is 3.08. The van der Waals surface area contributed by atoms with Gasteiger partial charge in [0.2, 0.25) is 0 Å². The molecule has 1 N–H and O–H groups in total. The Kier molecular flexibility index (Phi) is 3.35.